The summed E-state index contributed by atoms with van der Waals surface area (Å²) in [6.07, 6.45) is 2.96. The van der Waals surface area contributed by atoms with Crippen LogP contribution in [0, 0.1) is 6.92 Å². The maximum atomic E-state index is 11.7. The summed E-state index contributed by atoms with van der Waals surface area (Å²) in [7, 11) is 0. The van der Waals surface area contributed by atoms with Gasteiger partial charge in [-0.2, -0.15) is 0 Å². The first-order chi connectivity index (χ1) is 9.04. The molecule has 1 aromatic carbocycles. The van der Waals surface area contributed by atoms with E-state index in [9.17, 15) is 4.79 Å². The number of nitrogens with zero attached hydrogens (tertiary/aromatic N) is 2. The summed E-state index contributed by atoms with van der Waals surface area (Å²) in [4.78, 5) is 11.7. The zero-order valence-corrected chi connectivity index (χ0v) is 12.2. The Balaban J connectivity index is 2.05. The molecule has 0 aliphatic carbocycles. The van der Waals surface area contributed by atoms with Crippen LogP contribution in [0.1, 0.15) is 10.6 Å². The molecule has 0 bridgehead atoms. The van der Waals surface area contributed by atoms with Crippen LogP contribution < -0.4 is 5.32 Å². The van der Waals surface area contributed by atoms with Gasteiger partial charge in [0.25, 0.3) is 0 Å². The molecular weight excluding hydrogens is 305 g/mol. The van der Waals surface area contributed by atoms with Gasteiger partial charge in [0.05, 0.1) is 0 Å². The molecule has 0 aliphatic heterocycles. The number of amides is 1. The largest absolute Gasteiger partial charge is 0.297 e. The average molecular weight is 314 g/mol. The van der Waals surface area contributed by atoms with E-state index in [0.29, 0.717) is 20.7 Å². The Morgan fingerprint density at radius 1 is 1.37 bits per heavy atom. The zero-order chi connectivity index (χ0) is 13.8. The number of aromatic nitrogens is 2. The van der Waals surface area contributed by atoms with Gasteiger partial charge in [0.15, 0.2) is 0 Å². The molecule has 0 spiro atoms. The van der Waals surface area contributed by atoms with Crippen molar-refractivity contribution in [1.82, 2.24) is 10.2 Å². The molecule has 4 nitrogen and oxygen atoms in total. The van der Waals surface area contributed by atoms with Crippen molar-refractivity contribution in [1.29, 1.82) is 0 Å². The summed E-state index contributed by atoms with van der Waals surface area (Å²) in [6.45, 7) is 1.81. The van der Waals surface area contributed by atoms with E-state index in [0.717, 1.165) is 5.01 Å². The predicted molar refractivity (Wildman–Crippen MR) is 78.8 cm³/mol. The third-order valence-electron chi connectivity index (χ3n) is 2.13. The second-order valence-electron chi connectivity index (χ2n) is 3.61. The van der Waals surface area contributed by atoms with E-state index < -0.39 is 0 Å². The van der Waals surface area contributed by atoms with Crippen LogP contribution in [0.25, 0.3) is 6.08 Å². The van der Waals surface area contributed by atoms with Crippen LogP contribution in [0.2, 0.25) is 10.0 Å². The van der Waals surface area contributed by atoms with Gasteiger partial charge >= 0.3 is 0 Å². The van der Waals surface area contributed by atoms with E-state index in [1.807, 2.05) is 6.92 Å². The second-order valence-corrected chi connectivity index (χ2v) is 5.64. The minimum absolute atomic E-state index is 0.299. The number of hydrogen-bond acceptors (Lipinski definition) is 4. The molecule has 0 fully saturated rings. The van der Waals surface area contributed by atoms with Gasteiger partial charge in [-0.05, 0) is 36.8 Å². The maximum Gasteiger partial charge on any atom is 0.250 e. The molecule has 2 rings (SSSR count). The van der Waals surface area contributed by atoms with Crippen LogP contribution >= 0.6 is 34.5 Å². The molecule has 1 aromatic heterocycles. The first-order valence-corrected chi connectivity index (χ1v) is 6.86. The minimum Gasteiger partial charge on any atom is -0.297 e. The molecule has 0 saturated heterocycles. The SMILES string of the molecule is Cc1nnc(NC(=O)/C=C/c2cc(Cl)ccc2Cl)s1. The minimum atomic E-state index is -0.299. The number of hydrogen-bond donors (Lipinski definition) is 1. The Bertz CT molecular complexity index is 640. The summed E-state index contributed by atoms with van der Waals surface area (Å²) < 4.78 is 0. The smallest absolute Gasteiger partial charge is 0.250 e. The highest BCUT2D eigenvalue weighted by Gasteiger charge is 2.03. The number of halogens is 2. The van der Waals surface area contributed by atoms with Crippen molar-refractivity contribution >= 4 is 51.7 Å². The fourth-order valence-corrected chi connectivity index (χ4v) is 2.26. The standard InChI is InChI=1S/C12H9Cl2N3OS/c1-7-16-17-12(19-7)15-11(18)5-2-8-6-9(13)3-4-10(8)14/h2-6H,1H3,(H,15,17,18)/b5-2+. The van der Waals surface area contributed by atoms with Crippen molar-refractivity contribution < 1.29 is 4.79 Å². The third-order valence-corrected chi connectivity index (χ3v) is 3.46. The van der Waals surface area contributed by atoms with Crippen molar-refractivity contribution in [2.45, 2.75) is 6.92 Å². The van der Waals surface area contributed by atoms with Crippen LogP contribution in [0.3, 0.4) is 0 Å². The van der Waals surface area contributed by atoms with E-state index in [-0.39, 0.29) is 5.91 Å². The summed E-state index contributed by atoms with van der Waals surface area (Å²) >= 11 is 13.1. The zero-order valence-electron chi connectivity index (χ0n) is 9.85. The Labute approximate surface area is 124 Å². The molecule has 0 radical (unpaired) electrons. The Kier molecular flexibility index (Phi) is 4.52. The highest BCUT2D eigenvalue weighted by atomic mass is 35.5. The molecule has 0 unspecified atom stereocenters. The Hall–Kier alpha value is -1.43. The van der Waals surface area contributed by atoms with Crippen molar-refractivity contribution in [3.05, 3.63) is 44.9 Å². The normalized spacial score (nSPS) is 10.9. The van der Waals surface area contributed by atoms with Gasteiger partial charge in [-0.3, -0.25) is 10.1 Å². The summed E-state index contributed by atoms with van der Waals surface area (Å²) in [6, 6.07) is 5.05. The van der Waals surface area contributed by atoms with Crippen molar-refractivity contribution in [3.63, 3.8) is 0 Å². The Morgan fingerprint density at radius 3 is 2.84 bits per heavy atom. The molecule has 1 N–H and O–H groups in total. The van der Waals surface area contributed by atoms with Crippen molar-refractivity contribution in [2.75, 3.05) is 5.32 Å². The summed E-state index contributed by atoms with van der Waals surface area (Å²) in [5, 5.41) is 12.6. The number of benzene rings is 1. The highest BCUT2D eigenvalue weighted by molar-refractivity contribution is 7.15. The van der Waals surface area contributed by atoms with Gasteiger partial charge in [-0.1, -0.05) is 34.5 Å². The van der Waals surface area contributed by atoms with E-state index in [2.05, 4.69) is 15.5 Å². The van der Waals surface area contributed by atoms with E-state index in [1.165, 1.54) is 17.4 Å². The lowest BCUT2D eigenvalue weighted by atomic mass is 10.2. The van der Waals surface area contributed by atoms with E-state index >= 15 is 0 Å². The molecule has 7 heteroatoms. The lowest BCUT2D eigenvalue weighted by Gasteiger charge is -1.99. The second kappa shape index (κ2) is 6.14. The van der Waals surface area contributed by atoms with Gasteiger partial charge in [0.2, 0.25) is 11.0 Å². The number of carbonyl (C=O) groups excluding carboxylic acids is 1. The maximum absolute atomic E-state index is 11.7. The monoisotopic (exact) mass is 313 g/mol. The lowest BCUT2D eigenvalue weighted by Crippen LogP contribution is -2.07. The van der Waals surface area contributed by atoms with E-state index in [1.54, 1.807) is 24.3 Å². The molecule has 19 heavy (non-hydrogen) atoms. The van der Waals surface area contributed by atoms with Gasteiger partial charge < -0.3 is 0 Å². The molecule has 0 aliphatic rings. The summed E-state index contributed by atoms with van der Waals surface area (Å²) in [5.41, 5.74) is 0.678. The molecule has 98 valence electrons. The fourth-order valence-electron chi connectivity index (χ4n) is 1.30. The van der Waals surface area contributed by atoms with Crippen LogP contribution in [-0.2, 0) is 4.79 Å². The number of rotatable bonds is 3. The molecule has 0 atom stereocenters. The quantitative estimate of drug-likeness (QED) is 0.877. The third kappa shape index (κ3) is 4.02. The van der Waals surface area contributed by atoms with Crippen LogP contribution in [0.4, 0.5) is 5.13 Å². The lowest BCUT2D eigenvalue weighted by molar-refractivity contribution is -0.111. The highest BCUT2D eigenvalue weighted by Crippen LogP contribution is 2.21. The molecule has 2 aromatic rings. The predicted octanol–water partition coefficient (Wildman–Crippen LogP) is 3.81. The molecule has 1 amide bonds. The van der Waals surface area contributed by atoms with Crippen molar-refractivity contribution in [2.24, 2.45) is 0 Å². The first-order valence-electron chi connectivity index (χ1n) is 5.29. The number of carbonyl (C=O) groups is 1. The topological polar surface area (TPSA) is 54.9 Å². The van der Waals surface area contributed by atoms with Gasteiger partial charge in [0.1, 0.15) is 5.01 Å². The van der Waals surface area contributed by atoms with E-state index in [4.69, 9.17) is 23.2 Å². The van der Waals surface area contributed by atoms with Crippen LogP contribution in [0.5, 0.6) is 0 Å². The van der Waals surface area contributed by atoms with Gasteiger partial charge in [0, 0.05) is 16.1 Å². The summed E-state index contributed by atoms with van der Waals surface area (Å²) in [5.74, 6) is -0.299. The Morgan fingerprint density at radius 2 is 2.16 bits per heavy atom. The van der Waals surface area contributed by atoms with Crippen molar-refractivity contribution in [3.8, 4) is 0 Å². The molecule has 1 heterocycles. The first kappa shape index (κ1) is 14.0. The van der Waals surface area contributed by atoms with Crippen LogP contribution in [0.15, 0.2) is 24.3 Å². The number of anilines is 1. The average Bonchev–Trinajstić information content (AvgIpc) is 2.76. The molecular formula is C12H9Cl2N3OS. The molecule has 0 saturated carbocycles. The van der Waals surface area contributed by atoms with Gasteiger partial charge in [-0.25, -0.2) is 0 Å². The fraction of sp³-hybridized carbons (Fsp3) is 0.0833. The van der Waals surface area contributed by atoms with Gasteiger partial charge in [-0.15, -0.1) is 10.2 Å². The van der Waals surface area contributed by atoms with Crippen LogP contribution in [-0.4, -0.2) is 16.1 Å². The number of aryl methyl sites for hydroxylation is 1. The number of nitrogens with one attached hydrogen (secondary N) is 1.